The zero-order valence-electron chi connectivity index (χ0n) is 16.0. The lowest BCUT2D eigenvalue weighted by molar-refractivity contribution is -0.147. The Morgan fingerprint density at radius 2 is 2.14 bits per heavy atom. The number of allylic oxidation sites excluding steroid dienone is 1. The number of ketones is 1. The average molecular weight is 389 g/mol. The standard InChI is InChI=1S/C22H19N3O4/c1-3-28-22(27)18-19(26)17(11-14-12-24-20-15(14)8-6-10-23-20)29-21(18)25-16-9-5-4-7-13(16)2/h4-12,18H,3H2,1-2H3,(H,23,24)/b17-11-,25-21?. The number of rotatable bonds is 4. The van der Waals surface area contributed by atoms with E-state index in [2.05, 4.69) is 15.0 Å². The van der Waals surface area contributed by atoms with Gasteiger partial charge in [0.15, 0.2) is 11.7 Å². The van der Waals surface area contributed by atoms with E-state index in [0.717, 1.165) is 16.5 Å². The first-order valence-electron chi connectivity index (χ1n) is 9.25. The van der Waals surface area contributed by atoms with Crippen molar-refractivity contribution in [2.75, 3.05) is 6.61 Å². The zero-order valence-corrected chi connectivity index (χ0v) is 16.0. The minimum Gasteiger partial charge on any atom is -0.465 e. The Balaban J connectivity index is 1.76. The summed E-state index contributed by atoms with van der Waals surface area (Å²) >= 11 is 0. The summed E-state index contributed by atoms with van der Waals surface area (Å²) in [4.78, 5) is 37.2. The summed E-state index contributed by atoms with van der Waals surface area (Å²) in [6.07, 6.45) is 5.00. The molecule has 1 aliphatic rings. The number of nitrogens with zero attached hydrogens (tertiary/aromatic N) is 2. The second-order valence-electron chi connectivity index (χ2n) is 6.54. The molecule has 1 saturated heterocycles. The molecule has 1 fully saturated rings. The zero-order chi connectivity index (χ0) is 20.4. The molecular weight excluding hydrogens is 370 g/mol. The van der Waals surface area contributed by atoms with Crippen LogP contribution in [0, 0.1) is 12.8 Å². The Labute approximate surface area is 167 Å². The van der Waals surface area contributed by atoms with Gasteiger partial charge in [0.1, 0.15) is 5.65 Å². The molecule has 4 rings (SSSR count). The quantitative estimate of drug-likeness (QED) is 0.417. The van der Waals surface area contributed by atoms with Crippen LogP contribution in [-0.2, 0) is 19.1 Å². The molecule has 3 aromatic rings. The molecule has 3 heterocycles. The van der Waals surface area contributed by atoms with Gasteiger partial charge in [-0.2, -0.15) is 0 Å². The minimum atomic E-state index is -1.22. The summed E-state index contributed by atoms with van der Waals surface area (Å²) in [6.45, 7) is 3.74. The Morgan fingerprint density at radius 1 is 1.31 bits per heavy atom. The number of aromatic amines is 1. The molecule has 1 aliphatic heterocycles. The van der Waals surface area contributed by atoms with Crippen LogP contribution >= 0.6 is 0 Å². The summed E-state index contributed by atoms with van der Waals surface area (Å²) in [7, 11) is 0. The molecular formula is C22H19N3O4. The number of fused-ring (bicyclic) bond motifs is 1. The van der Waals surface area contributed by atoms with Gasteiger partial charge in [-0.1, -0.05) is 18.2 Å². The first-order chi connectivity index (χ1) is 14.1. The number of hydrogen-bond acceptors (Lipinski definition) is 6. The van der Waals surface area contributed by atoms with E-state index in [1.54, 1.807) is 31.5 Å². The molecule has 1 atom stereocenters. The summed E-state index contributed by atoms with van der Waals surface area (Å²) < 4.78 is 10.8. The summed E-state index contributed by atoms with van der Waals surface area (Å²) in [5.41, 5.74) is 2.96. The van der Waals surface area contributed by atoms with E-state index in [9.17, 15) is 9.59 Å². The van der Waals surface area contributed by atoms with Gasteiger partial charge in [-0.3, -0.25) is 9.59 Å². The average Bonchev–Trinajstić information content (AvgIpc) is 3.25. The highest BCUT2D eigenvalue weighted by Gasteiger charge is 2.44. The molecule has 0 bridgehead atoms. The third-order valence-electron chi connectivity index (χ3n) is 4.60. The van der Waals surface area contributed by atoms with Crippen molar-refractivity contribution in [1.29, 1.82) is 0 Å². The van der Waals surface area contributed by atoms with Crippen molar-refractivity contribution in [2.24, 2.45) is 10.9 Å². The number of H-pyrrole nitrogens is 1. The van der Waals surface area contributed by atoms with Crippen LogP contribution in [0.1, 0.15) is 18.1 Å². The van der Waals surface area contributed by atoms with Crippen LogP contribution in [0.15, 0.2) is 59.5 Å². The number of aliphatic imine (C=N–C) groups is 1. The van der Waals surface area contributed by atoms with E-state index in [1.165, 1.54) is 0 Å². The third-order valence-corrected chi connectivity index (χ3v) is 4.60. The van der Waals surface area contributed by atoms with Crippen molar-refractivity contribution in [1.82, 2.24) is 9.97 Å². The van der Waals surface area contributed by atoms with E-state index in [-0.39, 0.29) is 18.3 Å². The maximum absolute atomic E-state index is 13.0. The fourth-order valence-corrected chi connectivity index (χ4v) is 3.14. The molecule has 0 radical (unpaired) electrons. The van der Waals surface area contributed by atoms with Gasteiger partial charge < -0.3 is 14.5 Å². The van der Waals surface area contributed by atoms with Gasteiger partial charge in [0, 0.05) is 23.3 Å². The maximum Gasteiger partial charge on any atom is 0.326 e. The van der Waals surface area contributed by atoms with Crippen molar-refractivity contribution >= 4 is 40.4 Å². The number of hydrogen-bond donors (Lipinski definition) is 1. The topological polar surface area (TPSA) is 93.6 Å². The second kappa shape index (κ2) is 7.71. The number of ether oxygens (including phenoxy) is 2. The van der Waals surface area contributed by atoms with Gasteiger partial charge in [-0.25, -0.2) is 9.98 Å². The highest BCUT2D eigenvalue weighted by atomic mass is 16.5. The SMILES string of the molecule is CCOC(=O)C1C(=O)/C(=C/c2c[nH]c3ncccc23)OC1=Nc1ccccc1C. The van der Waals surface area contributed by atoms with Gasteiger partial charge in [0.05, 0.1) is 12.3 Å². The number of aryl methyl sites for hydroxylation is 1. The molecule has 7 nitrogen and oxygen atoms in total. The van der Waals surface area contributed by atoms with Crippen molar-refractivity contribution in [3.8, 4) is 0 Å². The van der Waals surface area contributed by atoms with Crippen LogP contribution in [0.2, 0.25) is 0 Å². The van der Waals surface area contributed by atoms with Crippen LogP contribution in [0.3, 0.4) is 0 Å². The largest absolute Gasteiger partial charge is 0.465 e. The molecule has 1 aromatic carbocycles. The van der Waals surface area contributed by atoms with E-state index in [1.807, 2.05) is 37.3 Å². The van der Waals surface area contributed by atoms with Crippen molar-refractivity contribution in [3.05, 3.63) is 65.7 Å². The number of carbonyl (C=O) groups is 2. The Morgan fingerprint density at radius 3 is 2.93 bits per heavy atom. The highest BCUT2D eigenvalue weighted by Crippen LogP contribution is 2.30. The molecule has 146 valence electrons. The van der Waals surface area contributed by atoms with Crippen molar-refractivity contribution in [3.63, 3.8) is 0 Å². The number of benzene rings is 1. The number of esters is 1. The van der Waals surface area contributed by atoms with Crippen LogP contribution in [0.4, 0.5) is 5.69 Å². The molecule has 7 heteroatoms. The number of nitrogens with one attached hydrogen (secondary N) is 1. The van der Waals surface area contributed by atoms with E-state index < -0.39 is 17.7 Å². The Hall–Kier alpha value is -3.74. The highest BCUT2D eigenvalue weighted by molar-refractivity contribution is 6.27. The van der Waals surface area contributed by atoms with E-state index in [0.29, 0.717) is 11.3 Å². The second-order valence-corrected chi connectivity index (χ2v) is 6.54. The van der Waals surface area contributed by atoms with Crippen LogP contribution in [-0.4, -0.2) is 34.2 Å². The molecule has 29 heavy (non-hydrogen) atoms. The lowest BCUT2D eigenvalue weighted by Gasteiger charge is -2.07. The molecule has 1 N–H and O–H groups in total. The number of Topliss-reactive ketones (excluding diaryl/α,β-unsaturated/α-hetero) is 1. The van der Waals surface area contributed by atoms with Crippen molar-refractivity contribution in [2.45, 2.75) is 13.8 Å². The van der Waals surface area contributed by atoms with Gasteiger partial charge in [-0.15, -0.1) is 0 Å². The van der Waals surface area contributed by atoms with Crippen LogP contribution in [0.25, 0.3) is 17.1 Å². The van der Waals surface area contributed by atoms with Gasteiger partial charge in [-0.05, 0) is 43.7 Å². The Kier molecular flexibility index (Phi) is 4.95. The first-order valence-corrected chi connectivity index (χ1v) is 9.25. The lowest BCUT2D eigenvalue weighted by atomic mass is 10.0. The summed E-state index contributed by atoms with van der Waals surface area (Å²) in [5.74, 6) is -2.31. The fraction of sp³-hybridized carbons (Fsp3) is 0.182. The van der Waals surface area contributed by atoms with Crippen molar-refractivity contribution < 1.29 is 19.1 Å². The third kappa shape index (κ3) is 3.54. The molecule has 0 aliphatic carbocycles. The summed E-state index contributed by atoms with van der Waals surface area (Å²) in [5, 5.41) is 0.841. The maximum atomic E-state index is 13.0. The minimum absolute atomic E-state index is 0.0203. The molecule has 2 aromatic heterocycles. The molecule has 0 saturated carbocycles. The van der Waals surface area contributed by atoms with Gasteiger partial charge in [0.25, 0.3) is 0 Å². The number of pyridine rings is 1. The normalized spacial score (nSPS) is 19.1. The molecule has 0 spiro atoms. The number of carbonyl (C=O) groups excluding carboxylic acids is 2. The van der Waals surface area contributed by atoms with E-state index in [4.69, 9.17) is 9.47 Å². The van der Waals surface area contributed by atoms with Crippen LogP contribution < -0.4 is 0 Å². The predicted molar refractivity (Wildman–Crippen MR) is 109 cm³/mol. The Bertz CT molecular complexity index is 1160. The molecule has 0 amide bonds. The van der Waals surface area contributed by atoms with Gasteiger partial charge in [0.2, 0.25) is 11.7 Å². The number of para-hydroxylation sites is 1. The monoisotopic (exact) mass is 389 g/mol. The smallest absolute Gasteiger partial charge is 0.326 e. The van der Waals surface area contributed by atoms with Crippen LogP contribution in [0.5, 0.6) is 0 Å². The lowest BCUT2D eigenvalue weighted by Crippen LogP contribution is -2.27. The summed E-state index contributed by atoms with van der Waals surface area (Å²) in [6, 6.07) is 11.1. The number of aromatic nitrogens is 2. The predicted octanol–water partition coefficient (Wildman–Crippen LogP) is 3.72. The fourth-order valence-electron chi connectivity index (χ4n) is 3.14. The van der Waals surface area contributed by atoms with Gasteiger partial charge >= 0.3 is 5.97 Å². The molecule has 1 unspecified atom stereocenters. The first kappa shape index (κ1) is 18.6. The van der Waals surface area contributed by atoms with E-state index >= 15 is 0 Å².